The Morgan fingerprint density at radius 2 is 1.87 bits per heavy atom. The highest BCUT2D eigenvalue weighted by Gasteiger charge is 1.99. The second-order valence-electron chi connectivity index (χ2n) is 3.17. The Kier molecular flexibility index (Phi) is 6.46. The predicted molar refractivity (Wildman–Crippen MR) is 69.6 cm³/mol. The first-order chi connectivity index (χ1) is 7.24. The van der Waals surface area contributed by atoms with E-state index in [-0.39, 0.29) is 0 Å². The van der Waals surface area contributed by atoms with Crippen molar-refractivity contribution in [3.05, 3.63) is 28.2 Å². The fourth-order valence-electron chi connectivity index (χ4n) is 1.13. The first-order valence-electron chi connectivity index (χ1n) is 4.88. The smallest absolute Gasteiger partial charge is 0.120 e. The number of unbranched alkanes of at least 4 members (excludes halogenated alkanes) is 2. The van der Waals surface area contributed by atoms with Gasteiger partial charge in [-0.05, 0) is 31.4 Å². The van der Waals surface area contributed by atoms with E-state index in [1.807, 2.05) is 6.07 Å². The molecule has 0 fully saturated rings. The summed E-state index contributed by atoms with van der Waals surface area (Å²) in [7, 11) is 0. The summed E-state index contributed by atoms with van der Waals surface area (Å²) in [6.07, 6.45) is 3.42. The van der Waals surface area contributed by atoms with Crippen molar-refractivity contribution in [2.75, 3.05) is 11.9 Å². The lowest BCUT2D eigenvalue weighted by atomic mass is 10.3. The molecule has 0 unspecified atom stereocenters. The minimum Gasteiger partial charge on any atom is -0.494 e. The SMILES string of the molecule is Clc1ccc(OCCCCCBr)cc1Cl. The van der Waals surface area contributed by atoms with Crippen molar-refractivity contribution in [1.29, 1.82) is 0 Å². The van der Waals surface area contributed by atoms with Crippen LogP contribution in [0.5, 0.6) is 5.75 Å². The number of hydrogen-bond donors (Lipinski definition) is 0. The van der Waals surface area contributed by atoms with E-state index >= 15 is 0 Å². The molecule has 0 aliphatic carbocycles. The van der Waals surface area contributed by atoms with Gasteiger partial charge in [0.25, 0.3) is 0 Å². The highest BCUT2D eigenvalue weighted by Crippen LogP contribution is 2.26. The third-order valence-electron chi connectivity index (χ3n) is 1.94. The van der Waals surface area contributed by atoms with Gasteiger partial charge in [-0.3, -0.25) is 0 Å². The normalized spacial score (nSPS) is 10.3. The van der Waals surface area contributed by atoms with Crippen molar-refractivity contribution in [1.82, 2.24) is 0 Å². The molecule has 15 heavy (non-hydrogen) atoms. The average Bonchev–Trinajstić information content (AvgIpc) is 2.23. The van der Waals surface area contributed by atoms with E-state index in [4.69, 9.17) is 27.9 Å². The molecule has 0 saturated carbocycles. The van der Waals surface area contributed by atoms with Crippen LogP contribution in [0.4, 0.5) is 0 Å². The first kappa shape index (κ1) is 13.1. The van der Waals surface area contributed by atoms with Gasteiger partial charge in [0.05, 0.1) is 16.7 Å². The Morgan fingerprint density at radius 3 is 2.53 bits per heavy atom. The van der Waals surface area contributed by atoms with Gasteiger partial charge in [0, 0.05) is 11.4 Å². The summed E-state index contributed by atoms with van der Waals surface area (Å²) in [4.78, 5) is 0. The summed E-state index contributed by atoms with van der Waals surface area (Å²) < 4.78 is 5.53. The Balaban J connectivity index is 2.28. The molecule has 0 saturated heterocycles. The average molecular weight is 312 g/mol. The van der Waals surface area contributed by atoms with Crippen molar-refractivity contribution in [3.63, 3.8) is 0 Å². The van der Waals surface area contributed by atoms with Crippen LogP contribution in [0, 0.1) is 0 Å². The van der Waals surface area contributed by atoms with Gasteiger partial charge in [-0.25, -0.2) is 0 Å². The molecule has 0 aliphatic rings. The Morgan fingerprint density at radius 1 is 1.07 bits per heavy atom. The van der Waals surface area contributed by atoms with Gasteiger partial charge in [-0.1, -0.05) is 39.1 Å². The van der Waals surface area contributed by atoms with E-state index in [9.17, 15) is 0 Å². The molecule has 0 aromatic heterocycles. The highest BCUT2D eigenvalue weighted by atomic mass is 79.9. The summed E-state index contributed by atoms with van der Waals surface area (Å²) >= 11 is 15.0. The molecule has 1 aromatic rings. The molecule has 0 aliphatic heterocycles. The second-order valence-corrected chi connectivity index (χ2v) is 4.78. The Labute approximate surface area is 109 Å². The van der Waals surface area contributed by atoms with E-state index in [1.54, 1.807) is 12.1 Å². The maximum atomic E-state index is 5.86. The second kappa shape index (κ2) is 7.37. The molecule has 1 rings (SSSR count). The molecule has 0 spiro atoms. The van der Waals surface area contributed by atoms with Gasteiger partial charge in [0.1, 0.15) is 5.75 Å². The summed E-state index contributed by atoms with van der Waals surface area (Å²) in [6, 6.07) is 5.32. The van der Waals surface area contributed by atoms with Crippen LogP contribution in [0.15, 0.2) is 18.2 Å². The van der Waals surface area contributed by atoms with Gasteiger partial charge in [-0.2, -0.15) is 0 Å². The van der Waals surface area contributed by atoms with Crippen LogP contribution in [0.1, 0.15) is 19.3 Å². The summed E-state index contributed by atoms with van der Waals surface area (Å²) in [5.41, 5.74) is 0. The molecule has 1 aromatic carbocycles. The minimum atomic E-state index is 0.537. The zero-order chi connectivity index (χ0) is 11.1. The first-order valence-corrected chi connectivity index (χ1v) is 6.75. The predicted octanol–water partition coefficient (Wildman–Crippen LogP) is 4.94. The number of alkyl halides is 1. The van der Waals surface area contributed by atoms with Crippen LogP contribution in [0.2, 0.25) is 10.0 Å². The van der Waals surface area contributed by atoms with Gasteiger partial charge in [0.15, 0.2) is 0 Å². The number of hydrogen-bond acceptors (Lipinski definition) is 1. The molecule has 0 N–H and O–H groups in total. The standard InChI is InChI=1S/C11H13BrCl2O/c12-6-2-1-3-7-15-9-4-5-10(13)11(14)8-9/h4-5,8H,1-3,6-7H2. The highest BCUT2D eigenvalue weighted by molar-refractivity contribution is 9.09. The van der Waals surface area contributed by atoms with E-state index < -0.39 is 0 Å². The molecular formula is C11H13BrCl2O. The lowest BCUT2D eigenvalue weighted by Crippen LogP contribution is -1.97. The van der Waals surface area contributed by atoms with Gasteiger partial charge in [-0.15, -0.1) is 0 Å². The van der Waals surface area contributed by atoms with E-state index in [0.717, 1.165) is 24.1 Å². The van der Waals surface area contributed by atoms with Gasteiger partial charge in [0.2, 0.25) is 0 Å². The quantitative estimate of drug-likeness (QED) is 0.534. The van der Waals surface area contributed by atoms with Crippen LogP contribution in [0.25, 0.3) is 0 Å². The van der Waals surface area contributed by atoms with Crippen LogP contribution in [-0.4, -0.2) is 11.9 Å². The summed E-state index contributed by atoms with van der Waals surface area (Å²) in [5.74, 6) is 0.781. The molecule has 4 heteroatoms. The molecule has 0 bridgehead atoms. The lowest BCUT2D eigenvalue weighted by molar-refractivity contribution is 0.306. The molecule has 0 amide bonds. The van der Waals surface area contributed by atoms with E-state index in [2.05, 4.69) is 15.9 Å². The minimum absolute atomic E-state index is 0.537. The molecule has 0 heterocycles. The topological polar surface area (TPSA) is 9.23 Å². The molecule has 0 radical (unpaired) electrons. The number of ether oxygens (including phenoxy) is 1. The lowest BCUT2D eigenvalue weighted by Gasteiger charge is -2.06. The van der Waals surface area contributed by atoms with Gasteiger partial charge < -0.3 is 4.74 Å². The third-order valence-corrected chi connectivity index (χ3v) is 3.24. The maximum absolute atomic E-state index is 5.86. The van der Waals surface area contributed by atoms with Crippen LogP contribution in [-0.2, 0) is 0 Å². The van der Waals surface area contributed by atoms with Crippen LogP contribution >= 0.6 is 39.1 Å². The van der Waals surface area contributed by atoms with Crippen molar-refractivity contribution in [2.45, 2.75) is 19.3 Å². The largest absolute Gasteiger partial charge is 0.494 e. The maximum Gasteiger partial charge on any atom is 0.120 e. The fraction of sp³-hybridized carbons (Fsp3) is 0.455. The molecule has 0 atom stereocenters. The number of benzene rings is 1. The number of rotatable bonds is 6. The van der Waals surface area contributed by atoms with Crippen molar-refractivity contribution in [3.8, 4) is 5.75 Å². The molecule has 1 nitrogen and oxygen atoms in total. The Bertz CT molecular complexity index is 305. The monoisotopic (exact) mass is 310 g/mol. The summed E-state index contributed by atoms with van der Waals surface area (Å²) in [6.45, 7) is 0.727. The zero-order valence-corrected chi connectivity index (χ0v) is 11.4. The molecule has 84 valence electrons. The molecular weight excluding hydrogens is 299 g/mol. The summed E-state index contributed by atoms with van der Waals surface area (Å²) in [5, 5.41) is 2.15. The van der Waals surface area contributed by atoms with Crippen molar-refractivity contribution >= 4 is 39.1 Å². The zero-order valence-electron chi connectivity index (χ0n) is 8.31. The van der Waals surface area contributed by atoms with Crippen LogP contribution in [0.3, 0.4) is 0 Å². The fourth-order valence-corrected chi connectivity index (χ4v) is 1.81. The number of halogens is 3. The van der Waals surface area contributed by atoms with Crippen LogP contribution < -0.4 is 4.74 Å². The Hall–Kier alpha value is 0.0800. The third kappa shape index (κ3) is 5.10. The van der Waals surface area contributed by atoms with Crippen molar-refractivity contribution in [2.24, 2.45) is 0 Å². The van der Waals surface area contributed by atoms with E-state index in [1.165, 1.54) is 12.8 Å². The van der Waals surface area contributed by atoms with E-state index in [0.29, 0.717) is 10.0 Å². The van der Waals surface area contributed by atoms with Crippen molar-refractivity contribution < 1.29 is 4.74 Å². The van der Waals surface area contributed by atoms with Gasteiger partial charge >= 0.3 is 0 Å².